The van der Waals surface area contributed by atoms with E-state index in [1.807, 2.05) is 20.8 Å². The summed E-state index contributed by atoms with van der Waals surface area (Å²) in [6.07, 6.45) is 0. The lowest BCUT2D eigenvalue weighted by molar-refractivity contribution is -0.384. The Morgan fingerprint density at radius 1 is 1.28 bits per heavy atom. The maximum atomic E-state index is 11.6. The van der Waals surface area contributed by atoms with Gasteiger partial charge in [0.25, 0.3) is 5.69 Å². The summed E-state index contributed by atoms with van der Waals surface area (Å²) in [5, 5.41) is 10.5. The van der Waals surface area contributed by atoms with Gasteiger partial charge >= 0.3 is 0 Å². The monoisotopic (exact) mass is 250 g/mol. The van der Waals surface area contributed by atoms with Crippen molar-refractivity contribution < 1.29 is 9.72 Å². The lowest BCUT2D eigenvalue weighted by atomic mass is 10.0. The summed E-state index contributed by atoms with van der Waals surface area (Å²) < 4.78 is 0. The maximum absolute atomic E-state index is 11.6. The highest BCUT2D eigenvalue weighted by Gasteiger charge is 2.23. The molecule has 0 saturated heterocycles. The average Bonchev–Trinajstić information content (AvgIpc) is 2.24. The van der Waals surface area contributed by atoms with E-state index in [0.717, 1.165) is 5.56 Å². The zero-order chi connectivity index (χ0) is 13.9. The standard InChI is InChI=1S/C13H18N2O3/c1-10(16)14(13(2,3)4)9-11-5-7-12(8-6-11)15(17)18/h5-8H,9H2,1-4H3. The minimum absolute atomic E-state index is 0.0131. The van der Waals surface area contributed by atoms with Crippen molar-refractivity contribution in [3.63, 3.8) is 0 Å². The van der Waals surface area contributed by atoms with Gasteiger partial charge < -0.3 is 4.90 Å². The molecule has 1 amide bonds. The van der Waals surface area contributed by atoms with Gasteiger partial charge in [-0.1, -0.05) is 12.1 Å². The van der Waals surface area contributed by atoms with Crippen molar-refractivity contribution in [1.29, 1.82) is 0 Å². The van der Waals surface area contributed by atoms with Gasteiger partial charge in [-0.05, 0) is 26.3 Å². The van der Waals surface area contributed by atoms with Crippen molar-refractivity contribution in [2.75, 3.05) is 0 Å². The summed E-state index contributed by atoms with van der Waals surface area (Å²) in [6, 6.07) is 6.27. The first-order valence-electron chi connectivity index (χ1n) is 5.73. The number of amides is 1. The Kier molecular flexibility index (Phi) is 4.06. The van der Waals surface area contributed by atoms with E-state index in [0.29, 0.717) is 6.54 Å². The molecule has 0 bridgehead atoms. The van der Waals surface area contributed by atoms with E-state index in [4.69, 9.17) is 0 Å². The highest BCUT2D eigenvalue weighted by atomic mass is 16.6. The topological polar surface area (TPSA) is 63.5 Å². The number of nitrogens with zero attached hydrogens (tertiary/aromatic N) is 2. The average molecular weight is 250 g/mol. The number of benzene rings is 1. The summed E-state index contributed by atoms with van der Waals surface area (Å²) in [5.41, 5.74) is 0.669. The molecule has 0 radical (unpaired) electrons. The molecule has 0 aliphatic rings. The van der Waals surface area contributed by atoms with E-state index in [-0.39, 0.29) is 17.1 Å². The molecule has 0 saturated carbocycles. The molecule has 1 aromatic rings. The third kappa shape index (κ3) is 3.55. The van der Waals surface area contributed by atoms with E-state index in [1.54, 1.807) is 17.0 Å². The number of nitro groups is 1. The minimum atomic E-state index is -0.434. The maximum Gasteiger partial charge on any atom is 0.269 e. The molecule has 5 nitrogen and oxygen atoms in total. The molecule has 0 aliphatic heterocycles. The molecule has 0 aromatic heterocycles. The van der Waals surface area contributed by atoms with Gasteiger partial charge in [-0.3, -0.25) is 14.9 Å². The second-order valence-corrected chi connectivity index (χ2v) is 5.20. The number of nitro benzene ring substituents is 1. The lowest BCUT2D eigenvalue weighted by Gasteiger charge is -2.35. The molecule has 0 N–H and O–H groups in total. The molecule has 98 valence electrons. The van der Waals surface area contributed by atoms with Crippen molar-refractivity contribution in [2.45, 2.75) is 39.8 Å². The Labute approximate surface area is 107 Å². The molecule has 0 atom stereocenters. The summed E-state index contributed by atoms with van der Waals surface area (Å²) in [4.78, 5) is 23.4. The number of hydrogen-bond acceptors (Lipinski definition) is 3. The van der Waals surface area contributed by atoms with E-state index in [1.165, 1.54) is 19.1 Å². The van der Waals surface area contributed by atoms with Gasteiger partial charge in [-0.15, -0.1) is 0 Å². The fourth-order valence-corrected chi connectivity index (χ4v) is 1.73. The van der Waals surface area contributed by atoms with Gasteiger partial charge in [0.05, 0.1) is 4.92 Å². The van der Waals surface area contributed by atoms with Gasteiger partial charge in [-0.25, -0.2) is 0 Å². The van der Waals surface area contributed by atoms with Crippen molar-refractivity contribution in [2.24, 2.45) is 0 Å². The van der Waals surface area contributed by atoms with Crippen molar-refractivity contribution >= 4 is 11.6 Å². The first-order chi connectivity index (χ1) is 8.21. The van der Waals surface area contributed by atoms with Gasteiger partial charge in [0.15, 0.2) is 0 Å². The second kappa shape index (κ2) is 5.16. The number of hydrogen-bond donors (Lipinski definition) is 0. The molecule has 0 spiro atoms. The number of carbonyl (C=O) groups is 1. The van der Waals surface area contributed by atoms with Crippen LogP contribution in [0.4, 0.5) is 5.69 Å². The van der Waals surface area contributed by atoms with Crippen LogP contribution in [0.1, 0.15) is 33.3 Å². The summed E-state index contributed by atoms with van der Waals surface area (Å²) in [5.74, 6) is -0.0131. The number of rotatable bonds is 3. The molecule has 18 heavy (non-hydrogen) atoms. The fourth-order valence-electron chi connectivity index (χ4n) is 1.73. The van der Waals surface area contributed by atoms with Crippen LogP contribution >= 0.6 is 0 Å². The largest absolute Gasteiger partial charge is 0.334 e. The fraction of sp³-hybridized carbons (Fsp3) is 0.462. The third-order valence-electron chi connectivity index (χ3n) is 2.68. The van der Waals surface area contributed by atoms with Crippen LogP contribution in [0, 0.1) is 10.1 Å². The van der Waals surface area contributed by atoms with E-state index in [2.05, 4.69) is 0 Å². The summed E-state index contributed by atoms with van der Waals surface area (Å²) in [7, 11) is 0. The quantitative estimate of drug-likeness (QED) is 0.612. The van der Waals surface area contributed by atoms with E-state index >= 15 is 0 Å². The van der Waals surface area contributed by atoms with Crippen LogP contribution in [0.3, 0.4) is 0 Å². The van der Waals surface area contributed by atoms with Crippen LogP contribution in [-0.2, 0) is 11.3 Å². The van der Waals surface area contributed by atoms with Gasteiger partial charge in [0.1, 0.15) is 0 Å². The Bertz CT molecular complexity index is 446. The Balaban J connectivity index is 2.89. The van der Waals surface area contributed by atoms with Gasteiger partial charge in [0, 0.05) is 31.1 Å². The molecular weight excluding hydrogens is 232 g/mol. The molecule has 0 aliphatic carbocycles. The van der Waals surface area contributed by atoms with Crippen LogP contribution in [0.25, 0.3) is 0 Å². The molecule has 5 heteroatoms. The van der Waals surface area contributed by atoms with Crippen molar-refractivity contribution in [3.05, 3.63) is 39.9 Å². The molecule has 0 fully saturated rings. The van der Waals surface area contributed by atoms with Gasteiger partial charge in [-0.2, -0.15) is 0 Å². The number of carbonyl (C=O) groups excluding carboxylic acids is 1. The Hall–Kier alpha value is -1.91. The predicted molar refractivity (Wildman–Crippen MR) is 69.1 cm³/mol. The van der Waals surface area contributed by atoms with Crippen LogP contribution in [0.5, 0.6) is 0 Å². The summed E-state index contributed by atoms with van der Waals surface area (Å²) in [6.45, 7) is 7.85. The zero-order valence-corrected chi connectivity index (χ0v) is 11.1. The lowest BCUT2D eigenvalue weighted by Crippen LogP contribution is -2.43. The molecule has 0 unspecified atom stereocenters. The third-order valence-corrected chi connectivity index (χ3v) is 2.68. The van der Waals surface area contributed by atoms with Crippen LogP contribution in [0.2, 0.25) is 0 Å². The molecule has 1 rings (SSSR count). The summed E-state index contributed by atoms with van der Waals surface area (Å²) >= 11 is 0. The van der Waals surface area contributed by atoms with E-state index in [9.17, 15) is 14.9 Å². The Morgan fingerprint density at radius 3 is 2.11 bits per heavy atom. The normalized spacial score (nSPS) is 11.1. The van der Waals surface area contributed by atoms with E-state index < -0.39 is 4.92 Å². The molecular formula is C13H18N2O3. The highest BCUT2D eigenvalue weighted by molar-refractivity contribution is 5.74. The SMILES string of the molecule is CC(=O)N(Cc1ccc([N+](=O)[O-])cc1)C(C)(C)C. The molecule has 1 aromatic carbocycles. The smallest absolute Gasteiger partial charge is 0.269 e. The van der Waals surface area contributed by atoms with Crippen molar-refractivity contribution in [1.82, 2.24) is 4.90 Å². The Morgan fingerprint density at radius 2 is 1.78 bits per heavy atom. The first kappa shape index (κ1) is 14.2. The van der Waals surface area contributed by atoms with Crippen molar-refractivity contribution in [3.8, 4) is 0 Å². The second-order valence-electron chi connectivity index (χ2n) is 5.20. The number of non-ortho nitro benzene ring substituents is 1. The first-order valence-corrected chi connectivity index (χ1v) is 5.73. The highest BCUT2D eigenvalue weighted by Crippen LogP contribution is 2.19. The zero-order valence-electron chi connectivity index (χ0n) is 11.1. The molecule has 0 heterocycles. The van der Waals surface area contributed by atoms with Crippen LogP contribution in [0.15, 0.2) is 24.3 Å². The van der Waals surface area contributed by atoms with Gasteiger partial charge in [0.2, 0.25) is 5.91 Å². The van der Waals surface area contributed by atoms with Crippen LogP contribution < -0.4 is 0 Å². The minimum Gasteiger partial charge on any atom is -0.334 e. The van der Waals surface area contributed by atoms with Crippen LogP contribution in [-0.4, -0.2) is 21.3 Å². The predicted octanol–water partition coefficient (Wildman–Crippen LogP) is 2.74.